The van der Waals surface area contributed by atoms with Crippen molar-refractivity contribution in [2.45, 2.75) is 37.3 Å². The van der Waals surface area contributed by atoms with Gasteiger partial charge in [-0.2, -0.15) is 0 Å². The molecule has 2 aromatic carbocycles. The van der Waals surface area contributed by atoms with Crippen molar-refractivity contribution in [3.8, 4) is 0 Å². The second-order valence-corrected chi connectivity index (χ2v) is 7.99. The summed E-state index contributed by atoms with van der Waals surface area (Å²) >= 11 is 0. The summed E-state index contributed by atoms with van der Waals surface area (Å²) in [6, 6.07) is 25.1. The average molecular weight is 419 g/mol. The monoisotopic (exact) mass is 419 g/mol. The standard InChI is InChI=1S/C25H25NO5/c27-21-13-7-8-14-26(21)24-22-23(29-16-20-11-5-2-6-12-20)25(31-24,18-30-22)17-28-15-19-9-3-1-4-10-19/h1-14,22-24H,15-18H2/t22-,23?,24+,25-/m0/s1. The predicted octanol–water partition coefficient (Wildman–Crippen LogP) is 3.32. The molecular weight excluding hydrogens is 394 g/mol. The first kappa shape index (κ1) is 20.2. The lowest BCUT2D eigenvalue weighted by atomic mass is 10.00. The van der Waals surface area contributed by atoms with Crippen LogP contribution in [0.2, 0.25) is 0 Å². The molecule has 1 aromatic heterocycles. The Balaban J connectivity index is 1.36. The van der Waals surface area contributed by atoms with Gasteiger partial charge in [-0.25, -0.2) is 0 Å². The maximum atomic E-state index is 12.4. The fraction of sp³-hybridized carbons (Fsp3) is 0.320. The van der Waals surface area contributed by atoms with Gasteiger partial charge >= 0.3 is 0 Å². The minimum Gasteiger partial charge on any atom is -0.374 e. The summed E-state index contributed by atoms with van der Waals surface area (Å²) < 4.78 is 26.5. The van der Waals surface area contributed by atoms with Crippen LogP contribution in [-0.2, 0) is 32.2 Å². The van der Waals surface area contributed by atoms with Gasteiger partial charge in [-0.3, -0.25) is 9.36 Å². The summed E-state index contributed by atoms with van der Waals surface area (Å²) in [6.45, 7) is 1.59. The van der Waals surface area contributed by atoms with Crippen molar-refractivity contribution in [2.75, 3.05) is 13.2 Å². The third kappa shape index (κ3) is 4.07. The van der Waals surface area contributed by atoms with Gasteiger partial charge in [0.2, 0.25) is 0 Å². The summed E-state index contributed by atoms with van der Waals surface area (Å²) in [5.74, 6) is 0. The van der Waals surface area contributed by atoms with E-state index in [0.29, 0.717) is 26.4 Å². The molecule has 2 bridgehead atoms. The molecule has 1 unspecified atom stereocenters. The molecule has 0 radical (unpaired) electrons. The molecule has 160 valence electrons. The van der Waals surface area contributed by atoms with E-state index in [1.807, 2.05) is 66.7 Å². The van der Waals surface area contributed by atoms with Gasteiger partial charge < -0.3 is 18.9 Å². The van der Waals surface area contributed by atoms with E-state index in [2.05, 4.69) is 0 Å². The number of benzene rings is 2. The van der Waals surface area contributed by atoms with Crippen LogP contribution in [0.4, 0.5) is 0 Å². The first-order chi connectivity index (χ1) is 15.3. The van der Waals surface area contributed by atoms with Crippen LogP contribution in [-0.4, -0.2) is 35.6 Å². The number of fused-ring (bicyclic) bond motifs is 2. The lowest BCUT2D eigenvalue weighted by Crippen LogP contribution is -2.46. The number of aromatic nitrogens is 1. The van der Waals surface area contributed by atoms with E-state index in [0.717, 1.165) is 11.1 Å². The lowest BCUT2D eigenvalue weighted by molar-refractivity contribution is -0.196. The maximum Gasteiger partial charge on any atom is 0.252 e. The molecule has 0 aliphatic carbocycles. The first-order valence-corrected chi connectivity index (χ1v) is 10.5. The van der Waals surface area contributed by atoms with Gasteiger partial charge in [0.15, 0.2) is 6.23 Å². The van der Waals surface area contributed by atoms with Gasteiger partial charge in [-0.1, -0.05) is 66.7 Å². The van der Waals surface area contributed by atoms with Crippen molar-refractivity contribution >= 4 is 0 Å². The molecule has 6 nitrogen and oxygen atoms in total. The molecule has 2 fully saturated rings. The Hall–Kier alpha value is -2.77. The summed E-state index contributed by atoms with van der Waals surface area (Å²) in [5.41, 5.74) is 1.26. The molecule has 3 aromatic rings. The second-order valence-electron chi connectivity index (χ2n) is 7.99. The van der Waals surface area contributed by atoms with Crippen molar-refractivity contribution in [1.82, 2.24) is 4.57 Å². The molecular formula is C25H25NO5. The van der Waals surface area contributed by atoms with Crippen LogP contribution in [0.5, 0.6) is 0 Å². The molecule has 0 saturated carbocycles. The van der Waals surface area contributed by atoms with Crippen molar-refractivity contribution in [1.29, 1.82) is 0 Å². The molecule has 2 saturated heterocycles. The third-order valence-electron chi connectivity index (χ3n) is 5.83. The summed E-state index contributed by atoms with van der Waals surface area (Å²) in [5, 5.41) is 0. The zero-order chi connectivity index (χ0) is 21.1. The van der Waals surface area contributed by atoms with Crippen LogP contribution in [0.1, 0.15) is 17.4 Å². The van der Waals surface area contributed by atoms with Crippen LogP contribution in [0.3, 0.4) is 0 Å². The summed E-state index contributed by atoms with van der Waals surface area (Å²) in [6.07, 6.45) is 0.442. The van der Waals surface area contributed by atoms with Crippen LogP contribution in [0.25, 0.3) is 0 Å². The van der Waals surface area contributed by atoms with E-state index < -0.39 is 11.8 Å². The van der Waals surface area contributed by atoms with E-state index in [1.165, 1.54) is 6.07 Å². The van der Waals surface area contributed by atoms with Crippen molar-refractivity contribution in [3.63, 3.8) is 0 Å². The Morgan fingerprint density at radius 1 is 0.903 bits per heavy atom. The highest BCUT2D eigenvalue weighted by molar-refractivity contribution is 5.16. The first-order valence-electron chi connectivity index (χ1n) is 10.5. The van der Waals surface area contributed by atoms with E-state index >= 15 is 0 Å². The smallest absolute Gasteiger partial charge is 0.252 e. The number of pyridine rings is 1. The zero-order valence-electron chi connectivity index (χ0n) is 17.1. The number of nitrogens with zero attached hydrogens (tertiary/aromatic N) is 1. The topological polar surface area (TPSA) is 58.9 Å². The van der Waals surface area contributed by atoms with Crippen LogP contribution >= 0.6 is 0 Å². The maximum absolute atomic E-state index is 12.4. The molecule has 0 amide bonds. The Morgan fingerprint density at radius 2 is 1.58 bits per heavy atom. The quantitative estimate of drug-likeness (QED) is 0.561. The van der Waals surface area contributed by atoms with Gasteiger partial charge in [-0.05, 0) is 17.2 Å². The van der Waals surface area contributed by atoms with Crippen molar-refractivity contribution in [3.05, 3.63) is 107 Å². The van der Waals surface area contributed by atoms with E-state index in [4.69, 9.17) is 18.9 Å². The molecule has 3 heterocycles. The number of hydrogen-bond acceptors (Lipinski definition) is 5. The predicted molar refractivity (Wildman–Crippen MR) is 114 cm³/mol. The minimum absolute atomic E-state index is 0.134. The van der Waals surface area contributed by atoms with Gasteiger partial charge in [0.25, 0.3) is 5.56 Å². The average Bonchev–Trinajstić information content (AvgIpc) is 3.31. The Kier molecular flexibility index (Phi) is 5.70. The third-order valence-corrected chi connectivity index (χ3v) is 5.83. The van der Waals surface area contributed by atoms with Gasteiger partial charge in [0, 0.05) is 12.3 Å². The Morgan fingerprint density at radius 3 is 2.29 bits per heavy atom. The molecule has 5 rings (SSSR count). The molecule has 2 aliphatic rings. The molecule has 0 N–H and O–H groups in total. The van der Waals surface area contributed by atoms with Crippen molar-refractivity contribution in [2.24, 2.45) is 0 Å². The highest BCUT2D eigenvalue weighted by atomic mass is 16.7. The zero-order valence-corrected chi connectivity index (χ0v) is 17.1. The number of hydrogen-bond donors (Lipinski definition) is 0. The molecule has 31 heavy (non-hydrogen) atoms. The second kappa shape index (κ2) is 8.77. The van der Waals surface area contributed by atoms with Crippen LogP contribution in [0.15, 0.2) is 89.9 Å². The normalized spacial score (nSPS) is 26.9. The minimum atomic E-state index is -0.770. The lowest BCUT2D eigenvalue weighted by Gasteiger charge is -2.31. The summed E-state index contributed by atoms with van der Waals surface area (Å²) in [4.78, 5) is 12.4. The van der Waals surface area contributed by atoms with E-state index in [1.54, 1.807) is 16.8 Å². The SMILES string of the molecule is O=c1ccccn1[C@@H]1O[C@@]2(COCc3ccccc3)CO[C@H]1C2OCc1ccccc1. The van der Waals surface area contributed by atoms with Crippen LogP contribution in [0, 0.1) is 0 Å². The molecule has 0 spiro atoms. The number of ether oxygens (including phenoxy) is 4. The molecule has 4 atom stereocenters. The van der Waals surface area contributed by atoms with Gasteiger partial charge in [0.1, 0.15) is 17.8 Å². The fourth-order valence-electron chi connectivity index (χ4n) is 4.29. The van der Waals surface area contributed by atoms with E-state index in [-0.39, 0.29) is 17.8 Å². The molecule has 2 aliphatic heterocycles. The fourth-order valence-corrected chi connectivity index (χ4v) is 4.29. The van der Waals surface area contributed by atoms with Gasteiger partial charge in [-0.15, -0.1) is 0 Å². The van der Waals surface area contributed by atoms with E-state index in [9.17, 15) is 4.79 Å². The largest absolute Gasteiger partial charge is 0.374 e. The van der Waals surface area contributed by atoms with Crippen LogP contribution < -0.4 is 5.56 Å². The summed E-state index contributed by atoms with van der Waals surface area (Å²) in [7, 11) is 0. The molecule has 6 heteroatoms. The van der Waals surface area contributed by atoms with Gasteiger partial charge in [0.05, 0.1) is 26.4 Å². The Bertz CT molecular complexity index is 1050. The Labute approximate surface area is 180 Å². The number of rotatable bonds is 8. The van der Waals surface area contributed by atoms with Crippen molar-refractivity contribution < 1.29 is 18.9 Å². The highest BCUT2D eigenvalue weighted by Gasteiger charge is 2.63. The highest BCUT2D eigenvalue weighted by Crippen LogP contribution is 2.46.